The van der Waals surface area contributed by atoms with Crippen LogP contribution in [0.15, 0.2) is 12.1 Å². The van der Waals surface area contributed by atoms with Gasteiger partial charge in [-0.3, -0.25) is 0 Å². The van der Waals surface area contributed by atoms with Crippen LogP contribution in [-0.4, -0.2) is 20.4 Å². The molecule has 2 rings (SSSR count). The Labute approximate surface area is 283 Å². The van der Waals surface area contributed by atoms with Gasteiger partial charge in [0, 0.05) is 22.3 Å². The van der Waals surface area contributed by atoms with Gasteiger partial charge in [0.05, 0.1) is 0 Å². The molecule has 0 spiro atoms. The predicted molar refractivity (Wildman–Crippen MR) is 197 cm³/mol. The van der Waals surface area contributed by atoms with Crippen molar-refractivity contribution < 1.29 is 20.4 Å². The summed E-state index contributed by atoms with van der Waals surface area (Å²) in [5.74, 6) is 2.90. The van der Waals surface area contributed by atoms with Crippen LogP contribution in [0.4, 0.5) is 0 Å². The van der Waals surface area contributed by atoms with Gasteiger partial charge in [-0.25, -0.2) is 0 Å². The average molecular weight is 639 g/mol. The van der Waals surface area contributed by atoms with E-state index < -0.39 is 0 Å². The molecule has 2 aromatic rings. The fourth-order valence-corrected chi connectivity index (χ4v) is 6.89. The highest BCUT2D eigenvalue weighted by atomic mass is 16.3. The highest BCUT2D eigenvalue weighted by Gasteiger charge is 2.26. The first-order valence-corrected chi connectivity index (χ1v) is 19.0. The molecule has 0 aromatic heterocycles. The zero-order valence-electron chi connectivity index (χ0n) is 31.0. The lowest BCUT2D eigenvalue weighted by Crippen LogP contribution is -2.04. The maximum Gasteiger partial charge on any atom is 0.130 e. The Morgan fingerprint density at radius 3 is 1.15 bits per heavy atom. The van der Waals surface area contributed by atoms with Crippen LogP contribution < -0.4 is 0 Å². The fourth-order valence-electron chi connectivity index (χ4n) is 6.89. The summed E-state index contributed by atoms with van der Waals surface area (Å²) in [5.41, 5.74) is 4.23. The van der Waals surface area contributed by atoms with E-state index in [1.165, 1.54) is 25.7 Å². The van der Waals surface area contributed by atoms with Crippen LogP contribution in [0.3, 0.4) is 0 Å². The summed E-state index contributed by atoms with van der Waals surface area (Å²) in [6.07, 6.45) is 17.6. The molecular weight excluding hydrogens is 568 g/mol. The Morgan fingerprint density at radius 2 is 0.826 bits per heavy atom. The minimum Gasteiger partial charge on any atom is -0.508 e. The van der Waals surface area contributed by atoms with E-state index in [4.69, 9.17) is 0 Å². The highest BCUT2D eigenvalue weighted by Crippen LogP contribution is 2.49. The molecule has 4 N–H and O–H groups in total. The normalized spacial score (nSPS) is 13.2. The molecule has 0 aliphatic rings. The second-order valence-corrected chi connectivity index (χ2v) is 15.4. The largest absolute Gasteiger partial charge is 0.508 e. The van der Waals surface area contributed by atoms with E-state index in [2.05, 4.69) is 55.4 Å². The van der Waals surface area contributed by atoms with Crippen molar-refractivity contribution in [3.63, 3.8) is 0 Å². The number of phenols is 4. The number of aryl methyl sites for hydroxylation is 2. The quantitative estimate of drug-likeness (QED) is 0.0913. The molecule has 2 aromatic carbocycles. The van der Waals surface area contributed by atoms with E-state index in [0.29, 0.717) is 71.6 Å². The van der Waals surface area contributed by atoms with E-state index in [0.717, 1.165) is 75.3 Å². The van der Waals surface area contributed by atoms with Crippen LogP contribution in [0.2, 0.25) is 0 Å². The molecule has 0 fully saturated rings. The van der Waals surface area contributed by atoms with Gasteiger partial charge in [0.1, 0.15) is 23.0 Å². The predicted octanol–water partition coefficient (Wildman–Crippen LogP) is 12.4. The van der Waals surface area contributed by atoms with Crippen LogP contribution in [-0.2, 0) is 25.7 Å². The summed E-state index contributed by atoms with van der Waals surface area (Å²) in [5, 5.41) is 46.6. The van der Waals surface area contributed by atoms with Gasteiger partial charge in [0.15, 0.2) is 0 Å². The van der Waals surface area contributed by atoms with Crippen molar-refractivity contribution in [2.45, 2.75) is 171 Å². The summed E-state index contributed by atoms with van der Waals surface area (Å²) in [6, 6.07) is 3.70. The zero-order chi connectivity index (χ0) is 34.2. The van der Waals surface area contributed by atoms with Crippen molar-refractivity contribution >= 4 is 0 Å². The molecule has 0 aliphatic heterocycles. The molecule has 0 saturated carbocycles. The standard InChI is InChI=1S/C42H70O4/c1-9-11-13-21-33-27-37(43)35(25-23-31(7)19-15-17-29(3)4)41(45)39(33)40-34(22-14-12-10-2)28-38(44)36(42(40)46)26-24-32(8)20-16-18-30(5)6/h27-32,43-46H,9-26H2,1-8H3/t31-,32-/m1/s1. The fraction of sp³-hybridized carbons (Fsp3) is 0.714. The Hall–Kier alpha value is -2.36. The molecule has 0 aliphatic carbocycles. The molecule has 0 saturated heterocycles. The van der Waals surface area contributed by atoms with E-state index in [-0.39, 0.29) is 23.0 Å². The minimum atomic E-state index is 0.103. The van der Waals surface area contributed by atoms with Gasteiger partial charge in [-0.15, -0.1) is 0 Å². The van der Waals surface area contributed by atoms with Crippen molar-refractivity contribution in [2.75, 3.05) is 0 Å². The van der Waals surface area contributed by atoms with E-state index >= 15 is 0 Å². The maximum absolute atomic E-state index is 12.0. The summed E-state index contributed by atoms with van der Waals surface area (Å²) in [7, 11) is 0. The van der Waals surface area contributed by atoms with E-state index in [9.17, 15) is 20.4 Å². The summed E-state index contributed by atoms with van der Waals surface area (Å²) in [6.45, 7) is 17.9. The first kappa shape index (κ1) is 39.8. The number of hydrogen-bond donors (Lipinski definition) is 4. The lowest BCUT2D eigenvalue weighted by atomic mass is 9.84. The van der Waals surface area contributed by atoms with Gasteiger partial charge in [0.2, 0.25) is 0 Å². The molecule has 0 heterocycles. The maximum atomic E-state index is 12.0. The van der Waals surface area contributed by atoms with Gasteiger partial charge >= 0.3 is 0 Å². The smallest absolute Gasteiger partial charge is 0.130 e. The van der Waals surface area contributed by atoms with E-state index in [1.807, 2.05) is 12.1 Å². The molecule has 0 amide bonds. The highest BCUT2D eigenvalue weighted by molar-refractivity contribution is 5.85. The zero-order valence-corrected chi connectivity index (χ0v) is 31.0. The first-order chi connectivity index (χ1) is 21.9. The minimum absolute atomic E-state index is 0.103. The van der Waals surface area contributed by atoms with Crippen molar-refractivity contribution in [1.29, 1.82) is 0 Å². The number of rotatable bonds is 23. The van der Waals surface area contributed by atoms with Gasteiger partial charge in [-0.05, 0) is 98.3 Å². The summed E-state index contributed by atoms with van der Waals surface area (Å²) in [4.78, 5) is 0. The van der Waals surface area contributed by atoms with Crippen LogP contribution in [0.1, 0.15) is 168 Å². The van der Waals surface area contributed by atoms with Crippen molar-refractivity contribution in [1.82, 2.24) is 0 Å². The Balaban J connectivity index is 2.59. The molecular formula is C42H70O4. The third-order valence-electron chi connectivity index (χ3n) is 10.0. The number of phenolic OH excluding ortho intramolecular Hbond substituents is 4. The van der Waals surface area contributed by atoms with Crippen LogP contribution in [0, 0.1) is 23.7 Å². The van der Waals surface area contributed by atoms with Crippen molar-refractivity contribution in [2.24, 2.45) is 23.7 Å². The Kier molecular flexibility index (Phi) is 18.0. The van der Waals surface area contributed by atoms with Crippen molar-refractivity contribution in [3.05, 3.63) is 34.4 Å². The first-order valence-electron chi connectivity index (χ1n) is 19.0. The topological polar surface area (TPSA) is 80.9 Å². The second kappa shape index (κ2) is 20.8. The van der Waals surface area contributed by atoms with Crippen molar-refractivity contribution in [3.8, 4) is 34.1 Å². The molecule has 4 nitrogen and oxygen atoms in total. The van der Waals surface area contributed by atoms with Crippen LogP contribution in [0.5, 0.6) is 23.0 Å². The molecule has 0 radical (unpaired) electrons. The van der Waals surface area contributed by atoms with Gasteiger partial charge < -0.3 is 20.4 Å². The molecule has 0 bridgehead atoms. The number of aromatic hydroxyl groups is 4. The van der Waals surface area contributed by atoms with Gasteiger partial charge in [0.25, 0.3) is 0 Å². The molecule has 0 unspecified atom stereocenters. The summed E-state index contributed by atoms with van der Waals surface area (Å²) < 4.78 is 0. The van der Waals surface area contributed by atoms with E-state index in [1.54, 1.807) is 0 Å². The lowest BCUT2D eigenvalue weighted by Gasteiger charge is -2.23. The number of unbranched alkanes of at least 4 members (excludes halogenated alkanes) is 4. The van der Waals surface area contributed by atoms with Gasteiger partial charge in [-0.2, -0.15) is 0 Å². The third-order valence-corrected chi connectivity index (χ3v) is 10.0. The molecule has 262 valence electrons. The SMILES string of the molecule is CCCCCc1cc(O)c(CC[C@H](C)CCCC(C)C)c(O)c1-c1c(CCCCC)cc(O)c(CC[C@H](C)CCCC(C)C)c1O. The lowest BCUT2D eigenvalue weighted by molar-refractivity contribution is 0.410. The monoisotopic (exact) mass is 639 g/mol. The third kappa shape index (κ3) is 12.7. The average Bonchev–Trinajstić information content (AvgIpc) is 2.97. The second-order valence-electron chi connectivity index (χ2n) is 15.4. The number of hydrogen-bond acceptors (Lipinski definition) is 4. The summed E-state index contributed by atoms with van der Waals surface area (Å²) >= 11 is 0. The number of benzene rings is 2. The molecule has 4 heteroatoms. The van der Waals surface area contributed by atoms with Crippen LogP contribution in [0.25, 0.3) is 11.1 Å². The molecule has 46 heavy (non-hydrogen) atoms. The van der Waals surface area contributed by atoms with Crippen LogP contribution >= 0.6 is 0 Å². The Bertz CT molecular complexity index is 1070. The van der Waals surface area contributed by atoms with Gasteiger partial charge in [-0.1, -0.05) is 120 Å². The molecule has 2 atom stereocenters. The Morgan fingerprint density at radius 1 is 0.457 bits per heavy atom.